The number of nitrogens with one attached hydrogen (secondary N) is 1. The van der Waals surface area contributed by atoms with Crippen LogP contribution < -0.4 is 10.1 Å². The van der Waals surface area contributed by atoms with Gasteiger partial charge in [0.15, 0.2) is 6.10 Å². The zero-order valence-corrected chi connectivity index (χ0v) is 15.2. The number of carbonyl (C=O) groups is 2. The highest BCUT2D eigenvalue weighted by molar-refractivity contribution is 5.98. The highest BCUT2D eigenvalue weighted by atomic mass is 16.6. The molecule has 2 aromatic rings. The number of ether oxygens (including phenoxy) is 2. The normalized spacial score (nSPS) is 11.4. The molecule has 1 amide bonds. The van der Waals surface area contributed by atoms with Crippen LogP contribution in [0.4, 0.5) is 11.4 Å². The van der Waals surface area contributed by atoms with Crippen molar-refractivity contribution >= 4 is 23.3 Å². The standard InChI is InChI=1S/C19H20N2O6/c1-4-26-17-8-6-5-7-15(17)20-18(22)13(3)27-19(23)14-10-9-12(2)16(11-14)21(24)25/h5-11,13H,4H2,1-3H3,(H,20,22)/t13-/m0/s1. The van der Waals surface area contributed by atoms with Crippen LogP contribution in [0.2, 0.25) is 0 Å². The number of nitro groups is 1. The lowest BCUT2D eigenvalue weighted by Gasteiger charge is -2.15. The van der Waals surface area contributed by atoms with Crippen LogP contribution in [-0.4, -0.2) is 29.5 Å². The summed E-state index contributed by atoms with van der Waals surface area (Å²) < 4.78 is 10.6. The predicted molar refractivity (Wildman–Crippen MR) is 99.0 cm³/mol. The van der Waals surface area contributed by atoms with Crippen LogP contribution in [0, 0.1) is 17.0 Å². The van der Waals surface area contributed by atoms with Gasteiger partial charge in [-0.05, 0) is 39.0 Å². The van der Waals surface area contributed by atoms with E-state index in [-0.39, 0.29) is 11.3 Å². The molecule has 2 aromatic carbocycles. The smallest absolute Gasteiger partial charge is 0.339 e. The van der Waals surface area contributed by atoms with Gasteiger partial charge in [-0.15, -0.1) is 0 Å². The van der Waals surface area contributed by atoms with Crippen LogP contribution >= 0.6 is 0 Å². The molecule has 0 heterocycles. The van der Waals surface area contributed by atoms with E-state index in [0.29, 0.717) is 23.6 Å². The summed E-state index contributed by atoms with van der Waals surface area (Å²) in [4.78, 5) is 34.9. The molecule has 0 unspecified atom stereocenters. The average molecular weight is 372 g/mol. The third kappa shape index (κ3) is 5.04. The number of hydrogen-bond acceptors (Lipinski definition) is 6. The van der Waals surface area contributed by atoms with Gasteiger partial charge in [-0.1, -0.05) is 18.2 Å². The quantitative estimate of drug-likeness (QED) is 0.453. The number of hydrogen-bond donors (Lipinski definition) is 1. The Bertz CT molecular complexity index is 865. The van der Waals surface area contributed by atoms with Crippen LogP contribution in [0.25, 0.3) is 0 Å². The molecule has 0 saturated carbocycles. The Morgan fingerprint density at radius 1 is 1.22 bits per heavy atom. The Morgan fingerprint density at radius 2 is 1.93 bits per heavy atom. The second kappa shape index (κ2) is 8.79. The maximum Gasteiger partial charge on any atom is 0.339 e. The second-order valence-corrected chi connectivity index (χ2v) is 5.72. The van der Waals surface area contributed by atoms with Gasteiger partial charge in [-0.2, -0.15) is 0 Å². The summed E-state index contributed by atoms with van der Waals surface area (Å²) in [7, 11) is 0. The maximum atomic E-state index is 12.3. The molecule has 1 N–H and O–H groups in total. The first-order valence-corrected chi connectivity index (χ1v) is 8.32. The molecule has 0 bridgehead atoms. The molecule has 0 aliphatic carbocycles. The summed E-state index contributed by atoms with van der Waals surface area (Å²) in [6.45, 7) is 5.24. The molecule has 2 rings (SSSR count). The van der Waals surface area contributed by atoms with Gasteiger partial charge in [-0.25, -0.2) is 4.79 Å². The van der Waals surface area contributed by atoms with Crippen LogP contribution in [0.1, 0.15) is 29.8 Å². The molecule has 0 radical (unpaired) electrons. The number of aryl methyl sites for hydroxylation is 1. The minimum Gasteiger partial charge on any atom is -0.492 e. The third-order valence-electron chi connectivity index (χ3n) is 3.74. The van der Waals surface area contributed by atoms with E-state index in [1.165, 1.54) is 19.1 Å². The van der Waals surface area contributed by atoms with Gasteiger partial charge in [0.25, 0.3) is 11.6 Å². The van der Waals surface area contributed by atoms with E-state index in [1.54, 1.807) is 31.2 Å². The molecule has 8 heteroatoms. The Hall–Kier alpha value is -3.42. The lowest BCUT2D eigenvalue weighted by Crippen LogP contribution is -2.30. The van der Waals surface area contributed by atoms with Gasteiger partial charge in [0, 0.05) is 11.6 Å². The van der Waals surface area contributed by atoms with E-state index in [2.05, 4.69) is 5.32 Å². The lowest BCUT2D eigenvalue weighted by molar-refractivity contribution is -0.385. The number of carbonyl (C=O) groups excluding carboxylic acids is 2. The van der Waals surface area contributed by atoms with Gasteiger partial charge < -0.3 is 14.8 Å². The molecule has 0 aromatic heterocycles. The van der Waals surface area contributed by atoms with Crippen LogP contribution in [0.15, 0.2) is 42.5 Å². The van der Waals surface area contributed by atoms with Crippen LogP contribution in [0.5, 0.6) is 5.75 Å². The van der Waals surface area contributed by atoms with Gasteiger partial charge in [0.05, 0.1) is 22.8 Å². The fourth-order valence-electron chi connectivity index (χ4n) is 2.30. The average Bonchev–Trinajstić information content (AvgIpc) is 2.63. The first-order chi connectivity index (χ1) is 12.8. The van der Waals surface area contributed by atoms with Crippen LogP contribution in [-0.2, 0) is 9.53 Å². The van der Waals surface area contributed by atoms with Crippen molar-refractivity contribution in [3.8, 4) is 5.75 Å². The van der Waals surface area contributed by atoms with Gasteiger partial charge in [0.1, 0.15) is 5.75 Å². The lowest BCUT2D eigenvalue weighted by atomic mass is 10.1. The molecule has 1 atom stereocenters. The molecular formula is C19H20N2O6. The van der Waals surface area contributed by atoms with E-state index in [1.807, 2.05) is 6.92 Å². The third-order valence-corrected chi connectivity index (χ3v) is 3.74. The minimum absolute atomic E-state index is 0.00154. The van der Waals surface area contributed by atoms with Gasteiger partial charge in [0.2, 0.25) is 0 Å². The zero-order chi connectivity index (χ0) is 20.0. The SMILES string of the molecule is CCOc1ccccc1NC(=O)[C@H](C)OC(=O)c1ccc(C)c([N+](=O)[O-])c1. The predicted octanol–water partition coefficient (Wildman–Crippen LogP) is 3.49. The zero-order valence-electron chi connectivity index (χ0n) is 15.2. The molecule has 142 valence electrons. The van der Waals surface area contributed by atoms with E-state index in [0.717, 1.165) is 6.07 Å². The summed E-state index contributed by atoms with van der Waals surface area (Å²) in [5.74, 6) is -0.864. The summed E-state index contributed by atoms with van der Waals surface area (Å²) in [6.07, 6.45) is -1.10. The molecule has 27 heavy (non-hydrogen) atoms. The summed E-state index contributed by atoms with van der Waals surface area (Å²) in [5.41, 5.74) is 0.696. The molecule has 0 aliphatic heterocycles. The fourth-order valence-corrected chi connectivity index (χ4v) is 2.30. The molecule has 8 nitrogen and oxygen atoms in total. The molecule has 0 aliphatic rings. The van der Waals surface area contributed by atoms with Crippen LogP contribution in [0.3, 0.4) is 0 Å². The van der Waals surface area contributed by atoms with Gasteiger partial charge >= 0.3 is 5.97 Å². The first kappa shape index (κ1) is 19.9. The van der Waals surface area contributed by atoms with Crippen molar-refractivity contribution in [1.82, 2.24) is 0 Å². The van der Waals surface area contributed by atoms with Crippen molar-refractivity contribution in [2.75, 3.05) is 11.9 Å². The second-order valence-electron chi connectivity index (χ2n) is 5.72. The van der Waals surface area contributed by atoms with Crippen molar-refractivity contribution in [2.45, 2.75) is 26.9 Å². The van der Waals surface area contributed by atoms with Crippen molar-refractivity contribution in [1.29, 1.82) is 0 Å². The number of amides is 1. The number of nitrogens with zero attached hydrogens (tertiary/aromatic N) is 1. The van der Waals surface area contributed by atoms with E-state index < -0.39 is 22.9 Å². The Morgan fingerprint density at radius 3 is 2.59 bits per heavy atom. The summed E-state index contributed by atoms with van der Waals surface area (Å²) in [5, 5.41) is 13.6. The monoisotopic (exact) mass is 372 g/mol. The number of nitro benzene ring substituents is 1. The fraction of sp³-hybridized carbons (Fsp3) is 0.263. The largest absolute Gasteiger partial charge is 0.492 e. The van der Waals surface area contributed by atoms with E-state index in [4.69, 9.17) is 9.47 Å². The summed E-state index contributed by atoms with van der Waals surface area (Å²) >= 11 is 0. The Labute approximate surface area is 156 Å². The number of esters is 1. The molecule has 0 spiro atoms. The maximum absolute atomic E-state index is 12.3. The highest BCUT2D eigenvalue weighted by Crippen LogP contribution is 2.24. The van der Waals surface area contributed by atoms with Crippen molar-refractivity contribution in [3.05, 3.63) is 63.7 Å². The highest BCUT2D eigenvalue weighted by Gasteiger charge is 2.22. The minimum atomic E-state index is -1.10. The Kier molecular flexibility index (Phi) is 6.48. The topological polar surface area (TPSA) is 108 Å². The number of anilines is 1. The summed E-state index contributed by atoms with van der Waals surface area (Å²) in [6, 6.07) is 10.9. The van der Waals surface area contributed by atoms with E-state index in [9.17, 15) is 19.7 Å². The van der Waals surface area contributed by atoms with Crippen molar-refractivity contribution in [3.63, 3.8) is 0 Å². The van der Waals surface area contributed by atoms with Gasteiger partial charge in [-0.3, -0.25) is 14.9 Å². The van der Waals surface area contributed by atoms with Crippen molar-refractivity contribution < 1.29 is 24.0 Å². The molecule has 0 fully saturated rings. The number of para-hydroxylation sites is 2. The molecule has 0 saturated heterocycles. The Balaban J connectivity index is 2.07. The van der Waals surface area contributed by atoms with Crippen molar-refractivity contribution in [2.24, 2.45) is 0 Å². The number of benzene rings is 2. The van der Waals surface area contributed by atoms with E-state index >= 15 is 0 Å². The molecular weight excluding hydrogens is 352 g/mol. The number of rotatable bonds is 7. The first-order valence-electron chi connectivity index (χ1n) is 8.32.